The van der Waals surface area contributed by atoms with Gasteiger partial charge in [0, 0.05) is 10.5 Å². The molecule has 0 saturated heterocycles. The van der Waals surface area contributed by atoms with Crippen LogP contribution in [0.3, 0.4) is 0 Å². The number of ether oxygens (including phenoxy) is 3. The number of aliphatic hydroxyl groups excluding tert-OH is 1. The van der Waals surface area contributed by atoms with Crippen molar-refractivity contribution in [2.45, 2.75) is 22.8 Å². The van der Waals surface area contributed by atoms with Gasteiger partial charge in [-0.05, 0) is 43.3 Å². The fourth-order valence-corrected chi connectivity index (χ4v) is 3.02. The summed E-state index contributed by atoms with van der Waals surface area (Å²) < 4.78 is 24.0. The fourth-order valence-electron chi connectivity index (χ4n) is 2.16. The fraction of sp³-hybridized carbons (Fsp3) is 0.217. The molecule has 0 bridgehead atoms. The number of hydrogen-bond donors (Lipinski definition) is 3. The Balaban J connectivity index is 0.000000384. The van der Waals surface area contributed by atoms with Crippen molar-refractivity contribution in [3.8, 4) is 5.75 Å². The molecule has 1 unspecified atom stereocenters. The van der Waals surface area contributed by atoms with Crippen LogP contribution in [0.25, 0.3) is 0 Å². The van der Waals surface area contributed by atoms with Crippen molar-refractivity contribution in [1.29, 1.82) is 0 Å². The topological polar surface area (TPSA) is 171 Å². The van der Waals surface area contributed by atoms with Gasteiger partial charge < -0.3 is 19.3 Å². The third kappa shape index (κ3) is 13.8. The maximum absolute atomic E-state index is 11.6. The Kier molecular flexibility index (Phi) is 16.7. The van der Waals surface area contributed by atoms with E-state index in [1.54, 1.807) is 48.5 Å². The molecule has 2 aromatic rings. The molecule has 37 heavy (non-hydrogen) atoms. The first-order chi connectivity index (χ1) is 17.8. The predicted molar refractivity (Wildman–Crippen MR) is 135 cm³/mol. The van der Waals surface area contributed by atoms with Gasteiger partial charge >= 0.3 is 11.9 Å². The van der Waals surface area contributed by atoms with E-state index >= 15 is 0 Å². The molecule has 2 rings (SSSR count). The molecular weight excluding hydrogens is 528 g/mol. The van der Waals surface area contributed by atoms with E-state index < -0.39 is 18.0 Å². The Labute approximate surface area is 222 Å². The van der Waals surface area contributed by atoms with Crippen LogP contribution in [-0.2, 0) is 32.9 Å². The van der Waals surface area contributed by atoms with Gasteiger partial charge in [0.1, 0.15) is 31.7 Å². The summed E-state index contributed by atoms with van der Waals surface area (Å²) in [7, 11) is 0. The zero-order chi connectivity index (χ0) is 27.5. The Morgan fingerprint density at radius 1 is 1.00 bits per heavy atom. The van der Waals surface area contributed by atoms with Crippen molar-refractivity contribution < 1.29 is 47.6 Å². The molecule has 202 valence electrons. The smallest absolute Gasteiger partial charge is 0.339 e. The molecule has 0 aromatic heterocycles. The molecule has 0 heterocycles. The van der Waals surface area contributed by atoms with Crippen LogP contribution in [0.5, 0.6) is 5.75 Å². The Hall–Kier alpha value is -2.92. The monoisotopic (exact) mass is 556 g/mol. The van der Waals surface area contributed by atoms with Gasteiger partial charge in [0.05, 0.1) is 34.5 Å². The molecule has 0 fully saturated rings. The van der Waals surface area contributed by atoms with Crippen molar-refractivity contribution >= 4 is 36.0 Å². The molecule has 0 saturated carbocycles. The number of carbonyl (C=O) groups excluding carboxylic acids is 2. The lowest BCUT2D eigenvalue weighted by Gasteiger charge is -2.13. The quantitative estimate of drug-likeness (QED) is 0.0729. The lowest BCUT2D eigenvalue weighted by atomic mass is 10.2. The van der Waals surface area contributed by atoms with Crippen LogP contribution >= 0.6 is 24.1 Å². The molecule has 2 aromatic carbocycles. The summed E-state index contributed by atoms with van der Waals surface area (Å²) in [6, 6.07) is 13.6. The average molecular weight is 557 g/mol. The highest BCUT2D eigenvalue weighted by molar-refractivity contribution is 7.94. The molecule has 1 atom stereocenters. The number of nitrogens with two attached hydrogens (primary N) is 2. The minimum atomic E-state index is -0.920. The second-order valence-corrected chi connectivity index (χ2v) is 8.21. The first kappa shape index (κ1) is 32.1. The maximum atomic E-state index is 11.6. The molecule has 0 aliphatic carbocycles. The molecule has 0 amide bonds. The number of aliphatic hydroxyl groups is 1. The number of hydrogen-bond acceptors (Lipinski definition) is 14. The van der Waals surface area contributed by atoms with Crippen LogP contribution in [0, 0.1) is 0 Å². The van der Waals surface area contributed by atoms with E-state index in [0.717, 1.165) is 29.0 Å². The van der Waals surface area contributed by atoms with E-state index in [9.17, 15) is 14.7 Å². The first-order valence-electron chi connectivity index (χ1n) is 10.3. The molecule has 0 radical (unpaired) electrons. The lowest BCUT2D eigenvalue weighted by molar-refractivity contribution is -0.195. The standard InChI is InChI=1S/C13H17NO6S.C10H11NO4S/c1-9(2)13(16)18-8-10(15)7-17-11-3-5-12(6-4-11)21-20-19-14;1-2-7-13-10(12)8-5-3-4-6-9(8)16-15-14-11/h3-6,10,15H,1,7-8,14H2,2H3;2-6H,1,7,11H2. The van der Waals surface area contributed by atoms with Crippen LogP contribution in [-0.4, -0.2) is 43.0 Å². The molecule has 5 N–H and O–H groups in total. The van der Waals surface area contributed by atoms with Crippen LogP contribution in [0.4, 0.5) is 0 Å². The molecule has 12 nitrogen and oxygen atoms in total. The van der Waals surface area contributed by atoms with Crippen molar-refractivity contribution in [1.82, 2.24) is 0 Å². The average Bonchev–Trinajstić information content (AvgIpc) is 2.92. The van der Waals surface area contributed by atoms with E-state index in [0.29, 0.717) is 16.2 Å². The van der Waals surface area contributed by atoms with Gasteiger partial charge in [-0.3, -0.25) is 0 Å². The second kappa shape index (κ2) is 19.2. The highest BCUT2D eigenvalue weighted by atomic mass is 32.2. The summed E-state index contributed by atoms with van der Waals surface area (Å²) in [5.74, 6) is 8.98. The number of benzene rings is 2. The Morgan fingerprint density at radius 2 is 1.65 bits per heavy atom. The van der Waals surface area contributed by atoms with Crippen LogP contribution < -0.4 is 16.5 Å². The summed E-state index contributed by atoms with van der Waals surface area (Å²) in [6.07, 6.45) is 0.573. The predicted octanol–water partition coefficient (Wildman–Crippen LogP) is 3.23. The SMILES string of the molecule is C=C(C)C(=O)OCC(O)COc1ccc(SOON)cc1.C=CCOC(=O)c1ccccc1SOON. The van der Waals surface area contributed by atoms with E-state index in [4.69, 9.17) is 26.0 Å². The maximum Gasteiger partial charge on any atom is 0.339 e. The van der Waals surface area contributed by atoms with E-state index in [1.165, 1.54) is 13.0 Å². The van der Waals surface area contributed by atoms with Gasteiger partial charge in [0.15, 0.2) is 0 Å². The summed E-state index contributed by atoms with van der Waals surface area (Å²) >= 11 is 1.78. The third-order valence-electron chi connectivity index (χ3n) is 3.79. The lowest BCUT2D eigenvalue weighted by Crippen LogP contribution is -2.25. The highest BCUT2D eigenvalue weighted by Gasteiger charge is 2.13. The molecule has 14 heteroatoms. The molecular formula is C23H28N2O10S2. The van der Waals surface area contributed by atoms with Crippen molar-refractivity contribution in [3.63, 3.8) is 0 Å². The summed E-state index contributed by atoms with van der Waals surface area (Å²) in [5.41, 5.74) is 0.659. The van der Waals surface area contributed by atoms with E-state index in [-0.39, 0.29) is 25.4 Å². The largest absolute Gasteiger partial charge is 0.491 e. The van der Waals surface area contributed by atoms with Gasteiger partial charge in [-0.2, -0.15) is 11.8 Å². The van der Waals surface area contributed by atoms with Gasteiger partial charge in [-0.1, -0.05) is 31.4 Å². The minimum Gasteiger partial charge on any atom is -0.491 e. The highest BCUT2D eigenvalue weighted by Crippen LogP contribution is 2.24. The number of rotatable bonds is 15. The second-order valence-electron chi connectivity index (χ2n) is 6.69. The van der Waals surface area contributed by atoms with E-state index in [1.807, 2.05) is 0 Å². The first-order valence-corrected chi connectivity index (χ1v) is 11.8. The van der Waals surface area contributed by atoms with Gasteiger partial charge in [-0.15, -0.1) is 18.6 Å². The number of esters is 2. The van der Waals surface area contributed by atoms with Crippen molar-refractivity contribution in [3.05, 3.63) is 78.9 Å². The number of carbonyl (C=O) groups is 2. The Bertz CT molecular complexity index is 992. The zero-order valence-electron chi connectivity index (χ0n) is 19.9. The van der Waals surface area contributed by atoms with Crippen molar-refractivity contribution in [2.24, 2.45) is 11.8 Å². The van der Waals surface area contributed by atoms with Crippen LogP contribution in [0.2, 0.25) is 0 Å². The zero-order valence-corrected chi connectivity index (χ0v) is 21.5. The minimum absolute atomic E-state index is 0.00162. The van der Waals surface area contributed by atoms with Gasteiger partial charge in [0.2, 0.25) is 0 Å². The van der Waals surface area contributed by atoms with Crippen molar-refractivity contribution in [2.75, 3.05) is 19.8 Å². The van der Waals surface area contributed by atoms with Gasteiger partial charge in [0.25, 0.3) is 0 Å². The Morgan fingerprint density at radius 3 is 2.27 bits per heavy atom. The third-order valence-corrected chi connectivity index (χ3v) is 5.09. The van der Waals surface area contributed by atoms with Crippen LogP contribution in [0.15, 0.2) is 83.1 Å². The summed E-state index contributed by atoms with van der Waals surface area (Å²) in [5, 5.41) is 9.63. The summed E-state index contributed by atoms with van der Waals surface area (Å²) in [4.78, 5) is 32.0. The normalized spacial score (nSPS) is 10.9. The van der Waals surface area contributed by atoms with E-state index in [2.05, 4.69) is 31.8 Å². The summed E-state index contributed by atoms with van der Waals surface area (Å²) in [6.45, 7) is 8.43. The molecule has 0 aliphatic heterocycles. The van der Waals surface area contributed by atoms with Gasteiger partial charge in [-0.25, -0.2) is 9.59 Å². The molecule has 0 aliphatic rings. The van der Waals surface area contributed by atoms with Crippen LogP contribution in [0.1, 0.15) is 17.3 Å². The molecule has 0 spiro atoms.